The molecule has 0 heterocycles. The lowest BCUT2D eigenvalue weighted by atomic mass is 10.1. The molecule has 1 atom stereocenters. The number of methoxy groups -OCH3 is 1. The first-order valence-electron chi connectivity index (χ1n) is 6.47. The maximum absolute atomic E-state index is 5.08. The van der Waals surface area contributed by atoms with Crippen LogP contribution in [-0.4, -0.2) is 51.3 Å². The highest BCUT2D eigenvalue weighted by atomic mass is 16.5. The van der Waals surface area contributed by atoms with Crippen LogP contribution in [0.3, 0.4) is 0 Å². The molecule has 3 nitrogen and oxygen atoms in total. The number of rotatable bonds is 10. The Hall–Kier alpha value is -0.120. The van der Waals surface area contributed by atoms with Crippen molar-refractivity contribution < 1.29 is 4.74 Å². The quantitative estimate of drug-likeness (QED) is 0.581. The summed E-state index contributed by atoms with van der Waals surface area (Å²) in [6, 6.07) is 0.649. The topological polar surface area (TPSA) is 24.5 Å². The second kappa shape index (κ2) is 10.1. The Bertz CT molecular complexity index is 151. The van der Waals surface area contributed by atoms with Crippen LogP contribution < -0.4 is 5.32 Å². The zero-order valence-corrected chi connectivity index (χ0v) is 11.8. The molecule has 98 valence electrons. The monoisotopic (exact) mass is 230 g/mol. The molecule has 0 amide bonds. The van der Waals surface area contributed by atoms with Gasteiger partial charge in [-0.25, -0.2) is 0 Å². The van der Waals surface area contributed by atoms with Crippen molar-refractivity contribution in [3.05, 3.63) is 0 Å². The fourth-order valence-corrected chi connectivity index (χ4v) is 1.59. The van der Waals surface area contributed by atoms with E-state index in [0.717, 1.165) is 32.2 Å². The summed E-state index contributed by atoms with van der Waals surface area (Å²) in [5.74, 6) is 0.752. The fraction of sp³-hybridized carbons (Fsp3) is 1.00. The van der Waals surface area contributed by atoms with Gasteiger partial charge in [0, 0.05) is 19.7 Å². The summed E-state index contributed by atoms with van der Waals surface area (Å²) in [5.41, 5.74) is 0. The van der Waals surface area contributed by atoms with E-state index in [-0.39, 0.29) is 0 Å². The standard InChI is InChI=1S/C13H30N2O/c1-12(2)11-14-8-6-7-13(3)15(4)9-10-16-5/h12-14H,6-11H2,1-5H3. The highest BCUT2D eigenvalue weighted by molar-refractivity contribution is 4.64. The zero-order valence-electron chi connectivity index (χ0n) is 11.8. The van der Waals surface area contributed by atoms with E-state index in [4.69, 9.17) is 4.74 Å². The molecule has 0 saturated carbocycles. The van der Waals surface area contributed by atoms with Crippen molar-refractivity contribution in [3.63, 3.8) is 0 Å². The van der Waals surface area contributed by atoms with E-state index in [2.05, 4.69) is 38.0 Å². The first-order chi connectivity index (χ1) is 7.57. The van der Waals surface area contributed by atoms with Gasteiger partial charge < -0.3 is 15.0 Å². The lowest BCUT2D eigenvalue weighted by molar-refractivity contribution is 0.139. The predicted octanol–water partition coefficient (Wildman–Crippen LogP) is 1.98. The maximum Gasteiger partial charge on any atom is 0.0589 e. The van der Waals surface area contributed by atoms with Crippen LogP contribution in [0.2, 0.25) is 0 Å². The van der Waals surface area contributed by atoms with Gasteiger partial charge in [-0.1, -0.05) is 13.8 Å². The van der Waals surface area contributed by atoms with Crippen LogP contribution in [-0.2, 0) is 4.74 Å². The number of hydrogen-bond acceptors (Lipinski definition) is 3. The molecule has 1 N–H and O–H groups in total. The molecule has 0 aromatic heterocycles. The van der Waals surface area contributed by atoms with Gasteiger partial charge in [0.25, 0.3) is 0 Å². The second-order valence-corrected chi connectivity index (χ2v) is 5.06. The number of ether oxygens (including phenoxy) is 1. The van der Waals surface area contributed by atoms with Crippen molar-refractivity contribution in [3.8, 4) is 0 Å². The van der Waals surface area contributed by atoms with Gasteiger partial charge in [-0.05, 0) is 45.8 Å². The third kappa shape index (κ3) is 9.13. The second-order valence-electron chi connectivity index (χ2n) is 5.06. The predicted molar refractivity (Wildman–Crippen MR) is 70.9 cm³/mol. The Balaban J connectivity index is 3.38. The van der Waals surface area contributed by atoms with Crippen LogP contribution in [0, 0.1) is 5.92 Å². The number of nitrogens with one attached hydrogen (secondary N) is 1. The number of likely N-dealkylation sites (N-methyl/N-ethyl adjacent to an activating group) is 1. The van der Waals surface area contributed by atoms with Gasteiger partial charge >= 0.3 is 0 Å². The van der Waals surface area contributed by atoms with Crippen molar-refractivity contribution in [1.82, 2.24) is 10.2 Å². The van der Waals surface area contributed by atoms with Crippen LogP contribution in [0.4, 0.5) is 0 Å². The Morgan fingerprint density at radius 3 is 2.50 bits per heavy atom. The summed E-state index contributed by atoms with van der Waals surface area (Å²) in [7, 11) is 3.93. The lowest BCUT2D eigenvalue weighted by Gasteiger charge is -2.24. The summed E-state index contributed by atoms with van der Waals surface area (Å²) >= 11 is 0. The molecule has 0 saturated heterocycles. The SMILES string of the molecule is COCCN(C)C(C)CCCNCC(C)C. The third-order valence-corrected chi connectivity index (χ3v) is 2.93. The summed E-state index contributed by atoms with van der Waals surface area (Å²) in [5, 5.41) is 3.48. The van der Waals surface area contributed by atoms with Crippen molar-refractivity contribution in [2.75, 3.05) is 40.4 Å². The van der Waals surface area contributed by atoms with Gasteiger partial charge in [0.1, 0.15) is 0 Å². The van der Waals surface area contributed by atoms with Gasteiger partial charge in [0.05, 0.1) is 6.61 Å². The third-order valence-electron chi connectivity index (χ3n) is 2.93. The molecule has 0 fully saturated rings. The van der Waals surface area contributed by atoms with E-state index in [9.17, 15) is 0 Å². The minimum atomic E-state index is 0.649. The molecule has 0 aromatic carbocycles. The van der Waals surface area contributed by atoms with Gasteiger partial charge in [0.15, 0.2) is 0 Å². The molecule has 0 aliphatic rings. The van der Waals surface area contributed by atoms with Crippen molar-refractivity contribution >= 4 is 0 Å². The number of nitrogens with zero attached hydrogens (tertiary/aromatic N) is 1. The first-order valence-corrected chi connectivity index (χ1v) is 6.47. The average Bonchev–Trinajstić information content (AvgIpc) is 2.24. The summed E-state index contributed by atoms with van der Waals surface area (Å²) < 4.78 is 5.08. The molecule has 0 aliphatic carbocycles. The molecule has 0 spiro atoms. The molecular weight excluding hydrogens is 200 g/mol. The van der Waals surface area contributed by atoms with E-state index < -0.39 is 0 Å². The highest BCUT2D eigenvalue weighted by Gasteiger charge is 2.07. The van der Waals surface area contributed by atoms with Crippen LogP contribution in [0.25, 0.3) is 0 Å². The highest BCUT2D eigenvalue weighted by Crippen LogP contribution is 2.03. The van der Waals surface area contributed by atoms with E-state index >= 15 is 0 Å². The summed E-state index contributed by atoms with van der Waals surface area (Å²) in [4.78, 5) is 2.37. The van der Waals surface area contributed by atoms with Crippen molar-refractivity contribution in [2.24, 2.45) is 5.92 Å². The van der Waals surface area contributed by atoms with Crippen LogP contribution in [0.5, 0.6) is 0 Å². The lowest BCUT2D eigenvalue weighted by Crippen LogP contribution is -2.32. The largest absolute Gasteiger partial charge is 0.383 e. The van der Waals surface area contributed by atoms with Crippen molar-refractivity contribution in [1.29, 1.82) is 0 Å². The summed E-state index contributed by atoms with van der Waals surface area (Å²) in [6.45, 7) is 10.9. The van der Waals surface area contributed by atoms with E-state index in [1.807, 2.05) is 0 Å². The van der Waals surface area contributed by atoms with Crippen LogP contribution in [0.15, 0.2) is 0 Å². The van der Waals surface area contributed by atoms with Gasteiger partial charge in [-0.2, -0.15) is 0 Å². The van der Waals surface area contributed by atoms with E-state index in [1.54, 1.807) is 7.11 Å². The molecule has 3 heteroatoms. The normalized spacial score (nSPS) is 13.7. The fourth-order valence-electron chi connectivity index (χ4n) is 1.59. The molecule has 0 rings (SSSR count). The Morgan fingerprint density at radius 1 is 1.25 bits per heavy atom. The van der Waals surface area contributed by atoms with Gasteiger partial charge in [0.2, 0.25) is 0 Å². The Morgan fingerprint density at radius 2 is 1.94 bits per heavy atom. The molecule has 1 unspecified atom stereocenters. The van der Waals surface area contributed by atoms with Gasteiger partial charge in [-0.15, -0.1) is 0 Å². The molecule has 0 aromatic rings. The van der Waals surface area contributed by atoms with Crippen LogP contribution in [0.1, 0.15) is 33.6 Å². The molecule has 0 aliphatic heterocycles. The molecule has 0 bridgehead atoms. The first kappa shape index (κ1) is 15.9. The number of hydrogen-bond donors (Lipinski definition) is 1. The summed E-state index contributed by atoms with van der Waals surface area (Å²) in [6.07, 6.45) is 2.51. The minimum absolute atomic E-state index is 0.649. The van der Waals surface area contributed by atoms with Crippen LogP contribution >= 0.6 is 0 Å². The minimum Gasteiger partial charge on any atom is -0.383 e. The zero-order chi connectivity index (χ0) is 12.4. The van der Waals surface area contributed by atoms with E-state index in [0.29, 0.717) is 6.04 Å². The Labute approximate surface area is 102 Å². The maximum atomic E-state index is 5.08. The van der Waals surface area contributed by atoms with Gasteiger partial charge in [-0.3, -0.25) is 0 Å². The molecule has 16 heavy (non-hydrogen) atoms. The molecular formula is C13H30N2O. The van der Waals surface area contributed by atoms with Crippen molar-refractivity contribution in [2.45, 2.75) is 39.7 Å². The average molecular weight is 230 g/mol. The molecule has 0 radical (unpaired) electrons. The Kier molecular flexibility index (Phi) is 9.99. The van der Waals surface area contributed by atoms with E-state index in [1.165, 1.54) is 12.8 Å². The smallest absolute Gasteiger partial charge is 0.0589 e.